The Labute approximate surface area is 145 Å². The Kier molecular flexibility index (Phi) is 5.11. The summed E-state index contributed by atoms with van der Waals surface area (Å²) in [5, 5.41) is 2.72. The minimum Gasteiger partial charge on any atom is -0.349 e. The minimum atomic E-state index is -3.59. The van der Waals surface area contributed by atoms with Gasteiger partial charge in [-0.2, -0.15) is 0 Å². The molecule has 3 N–H and O–H groups in total. The summed E-state index contributed by atoms with van der Waals surface area (Å²) in [4.78, 5) is 19.5. The lowest BCUT2D eigenvalue weighted by Crippen LogP contribution is -2.30. The predicted octanol–water partition coefficient (Wildman–Crippen LogP) is 1.55. The van der Waals surface area contributed by atoms with Crippen molar-refractivity contribution in [3.63, 3.8) is 0 Å². The number of nitrogens with one attached hydrogen (secondary N) is 3. The van der Waals surface area contributed by atoms with E-state index in [1.54, 1.807) is 18.2 Å². The van der Waals surface area contributed by atoms with Crippen LogP contribution >= 0.6 is 0 Å². The molecule has 0 saturated carbocycles. The summed E-state index contributed by atoms with van der Waals surface area (Å²) in [5.74, 6) is 0.399. The van der Waals surface area contributed by atoms with E-state index < -0.39 is 10.0 Å². The SMILES string of the molecule is O=C(CCNS(=O)(=O)c1ccccc1)NCc1nc2ccccc2[nH]1. The van der Waals surface area contributed by atoms with Gasteiger partial charge in [0.2, 0.25) is 15.9 Å². The highest BCUT2D eigenvalue weighted by molar-refractivity contribution is 7.89. The first-order chi connectivity index (χ1) is 12.0. The Hall–Kier alpha value is -2.71. The van der Waals surface area contributed by atoms with Gasteiger partial charge in [0.1, 0.15) is 5.82 Å². The van der Waals surface area contributed by atoms with Crippen molar-refractivity contribution in [2.45, 2.75) is 17.9 Å². The number of carbonyl (C=O) groups excluding carboxylic acids is 1. The number of benzene rings is 2. The van der Waals surface area contributed by atoms with Crippen molar-refractivity contribution in [1.82, 2.24) is 20.0 Å². The smallest absolute Gasteiger partial charge is 0.240 e. The molecule has 1 heterocycles. The van der Waals surface area contributed by atoms with E-state index >= 15 is 0 Å². The summed E-state index contributed by atoms with van der Waals surface area (Å²) in [6, 6.07) is 15.6. The van der Waals surface area contributed by atoms with Crippen molar-refractivity contribution in [2.24, 2.45) is 0 Å². The number of aromatic amines is 1. The fourth-order valence-electron chi connectivity index (χ4n) is 2.34. The molecule has 0 unspecified atom stereocenters. The number of imidazole rings is 1. The molecular formula is C17H18N4O3S. The van der Waals surface area contributed by atoms with Gasteiger partial charge in [-0.3, -0.25) is 4.79 Å². The van der Waals surface area contributed by atoms with Gasteiger partial charge in [0.15, 0.2) is 0 Å². The largest absolute Gasteiger partial charge is 0.349 e. The van der Waals surface area contributed by atoms with Crippen LogP contribution in [0.3, 0.4) is 0 Å². The van der Waals surface area contributed by atoms with E-state index in [9.17, 15) is 13.2 Å². The second-order valence-electron chi connectivity index (χ2n) is 5.44. The molecule has 0 spiro atoms. The zero-order valence-electron chi connectivity index (χ0n) is 13.4. The average molecular weight is 358 g/mol. The number of H-pyrrole nitrogens is 1. The molecule has 0 fully saturated rings. The number of rotatable bonds is 7. The van der Waals surface area contributed by atoms with Crippen LogP contribution in [0.15, 0.2) is 59.5 Å². The number of nitrogens with zero attached hydrogens (tertiary/aromatic N) is 1. The van der Waals surface area contributed by atoms with Crippen LogP contribution in [0, 0.1) is 0 Å². The first-order valence-electron chi connectivity index (χ1n) is 7.80. The van der Waals surface area contributed by atoms with Gasteiger partial charge < -0.3 is 10.3 Å². The van der Waals surface area contributed by atoms with E-state index in [0.29, 0.717) is 5.82 Å². The third kappa shape index (κ3) is 4.43. The van der Waals surface area contributed by atoms with Crippen LogP contribution in [0.5, 0.6) is 0 Å². The molecule has 130 valence electrons. The monoisotopic (exact) mass is 358 g/mol. The first kappa shape index (κ1) is 17.1. The van der Waals surface area contributed by atoms with Gasteiger partial charge >= 0.3 is 0 Å². The highest BCUT2D eigenvalue weighted by Gasteiger charge is 2.13. The zero-order valence-corrected chi connectivity index (χ0v) is 14.2. The number of sulfonamides is 1. The van der Waals surface area contributed by atoms with Gasteiger partial charge in [0.05, 0.1) is 22.5 Å². The lowest BCUT2D eigenvalue weighted by atomic mass is 10.3. The van der Waals surface area contributed by atoms with Crippen LogP contribution in [0.1, 0.15) is 12.2 Å². The molecule has 0 aliphatic rings. The fourth-order valence-corrected chi connectivity index (χ4v) is 3.39. The molecule has 0 aliphatic carbocycles. The molecule has 3 rings (SSSR count). The molecule has 1 amide bonds. The summed E-state index contributed by atoms with van der Waals surface area (Å²) in [6.07, 6.45) is 0.0479. The maximum Gasteiger partial charge on any atom is 0.240 e. The molecule has 2 aromatic carbocycles. The van der Waals surface area contributed by atoms with Gasteiger partial charge in [0, 0.05) is 13.0 Å². The molecule has 0 radical (unpaired) electrons. The Bertz CT molecular complexity index is 935. The Balaban J connectivity index is 1.47. The predicted molar refractivity (Wildman–Crippen MR) is 94.2 cm³/mol. The third-order valence-electron chi connectivity index (χ3n) is 3.59. The molecule has 7 nitrogen and oxygen atoms in total. The van der Waals surface area contributed by atoms with E-state index in [1.807, 2.05) is 24.3 Å². The third-order valence-corrected chi connectivity index (χ3v) is 5.07. The summed E-state index contributed by atoms with van der Waals surface area (Å²) >= 11 is 0. The van der Waals surface area contributed by atoms with Gasteiger partial charge in [-0.1, -0.05) is 30.3 Å². The molecular weight excluding hydrogens is 340 g/mol. The summed E-state index contributed by atoms with van der Waals surface area (Å²) in [6.45, 7) is 0.294. The second kappa shape index (κ2) is 7.45. The highest BCUT2D eigenvalue weighted by Crippen LogP contribution is 2.10. The standard InChI is InChI=1S/C17H18N4O3S/c22-17(10-11-19-25(23,24)13-6-2-1-3-7-13)18-12-16-20-14-8-4-5-9-15(14)21-16/h1-9,19H,10-12H2,(H,18,22)(H,20,21). The number of amides is 1. The topological polar surface area (TPSA) is 104 Å². The quantitative estimate of drug-likeness (QED) is 0.596. The molecule has 0 aliphatic heterocycles. The Morgan fingerprint density at radius 3 is 2.52 bits per heavy atom. The molecule has 25 heavy (non-hydrogen) atoms. The summed E-state index contributed by atoms with van der Waals surface area (Å²) in [5.41, 5.74) is 1.74. The maximum absolute atomic E-state index is 12.0. The second-order valence-corrected chi connectivity index (χ2v) is 7.21. The molecule has 0 atom stereocenters. The van der Waals surface area contributed by atoms with Crippen LogP contribution < -0.4 is 10.0 Å². The van der Waals surface area contributed by atoms with Gasteiger partial charge in [-0.05, 0) is 24.3 Å². The van der Waals surface area contributed by atoms with Crippen LogP contribution in [0.4, 0.5) is 0 Å². The molecule has 3 aromatic rings. The maximum atomic E-state index is 12.0. The lowest BCUT2D eigenvalue weighted by molar-refractivity contribution is -0.121. The minimum absolute atomic E-state index is 0.0309. The van der Waals surface area contributed by atoms with Crippen molar-refractivity contribution in [3.05, 3.63) is 60.4 Å². The summed E-state index contributed by atoms with van der Waals surface area (Å²) in [7, 11) is -3.59. The van der Waals surface area contributed by atoms with Crippen molar-refractivity contribution >= 4 is 27.0 Å². The molecule has 0 saturated heterocycles. The fraction of sp³-hybridized carbons (Fsp3) is 0.176. The normalized spacial score (nSPS) is 11.5. The van der Waals surface area contributed by atoms with Crippen LogP contribution in [-0.2, 0) is 21.4 Å². The van der Waals surface area contributed by atoms with E-state index in [2.05, 4.69) is 20.0 Å². The van der Waals surface area contributed by atoms with E-state index in [-0.39, 0.29) is 30.3 Å². The average Bonchev–Trinajstić information content (AvgIpc) is 3.03. The van der Waals surface area contributed by atoms with E-state index in [1.165, 1.54) is 12.1 Å². The number of aromatic nitrogens is 2. The number of hydrogen-bond donors (Lipinski definition) is 3. The van der Waals surface area contributed by atoms with Crippen molar-refractivity contribution in [3.8, 4) is 0 Å². The van der Waals surface area contributed by atoms with E-state index in [4.69, 9.17) is 0 Å². The number of hydrogen-bond acceptors (Lipinski definition) is 4. The van der Waals surface area contributed by atoms with Gasteiger partial charge in [0.25, 0.3) is 0 Å². The molecule has 8 heteroatoms. The van der Waals surface area contributed by atoms with Crippen LogP contribution in [-0.4, -0.2) is 30.8 Å². The van der Waals surface area contributed by atoms with Crippen molar-refractivity contribution < 1.29 is 13.2 Å². The Morgan fingerprint density at radius 1 is 1.04 bits per heavy atom. The molecule has 0 bridgehead atoms. The van der Waals surface area contributed by atoms with Crippen molar-refractivity contribution in [1.29, 1.82) is 0 Å². The lowest BCUT2D eigenvalue weighted by Gasteiger charge is -2.07. The van der Waals surface area contributed by atoms with Crippen LogP contribution in [0.25, 0.3) is 11.0 Å². The number of para-hydroxylation sites is 2. The first-order valence-corrected chi connectivity index (χ1v) is 9.28. The van der Waals surface area contributed by atoms with Crippen molar-refractivity contribution in [2.75, 3.05) is 6.54 Å². The van der Waals surface area contributed by atoms with Gasteiger partial charge in [-0.15, -0.1) is 0 Å². The zero-order chi connectivity index (χ0) is 17.7. The van der Waals surface area contributed by atoms with Gasteiger partial charge in [-0.25, -0.2) is 18.1 Å². The number of carbonyl (C=O) groups is 1. The van der Waals surface area contributed by atoms with Crippen LogP contribution in [0.2, 0.25) is 0 Å². The highest BCUT2D eigenvalue weighted by atomic mass is 32.2. The summed E-state index contributed by atoms with van der Waals surface area (Å²) < 4.78 is 26.5. The molecule has 1 aromatic heterocycles. The Morgan fingerprint density at radius 2 is 1.76 bits per heavy atom. The number of fused-ring (bicyclic) bond motifs is 1. The van der Waals surface area contributed by atoms with E-state index in [0.717, 1.165) is 11.0 Å².